The van der Waals surface area contributed by atoms with Gasteiger partial charge >= 0.3 is 0 Å². The minimum Gasteiger partial charge on any atom is -0.320 e. The van der Waals surface area contributed by atoms with Crippen LogP contribution in [0.3, 0.4) is 0 Å². The number of thiophene rings is 1. The molecule has 1 N–H and O–H groups in total. The molecule has 0 atom stereocenters. The Morgan fingerprint density at radius 2 is 1.95 bits per heavy atom. The van der Waals surface area contributed by atoms with E-state index in [-0.39, 0.29) is 0 Å². The number of fused-ring (bicyclic) bond motifs is 1. The van der Waals surface area contributed by atoms with Crippen molar-refractivity contribution in [1.29, 1.82) is 5.41 Å². The second kappa shape index (κ2) is 5.86. The maximum absolute atomic E-state index is 8.06. The van der Waals surface area contributed by atoms with E-state index in [9.17, 15) is 0 Å². The topological polar surface area (TPSA) is 39.5 Å². The number of halogens is 1. The third kappa shape index (κ3) is 2.57. The van der Waals surface area contributed by atoms with E-state index in [1.54, 1.807) is 11.3 Å². The van der Waals surface area contributed by atoms with Crippen molar-refractivity contribution >= 4 is 39.5 Å². The van der Waals surface area contributed by atoms with Gasteiger partial charge in [-0.2, -0.15) is 0 Å². The molecule has 1 aliphatic rings. The van der Waals surface area contributed by atoms with Crippen molar-refractivity contribution in [2.45, 2.75) is 20.8 Å². The minimum absolute atomic E-state index is 0.565. The van der Waals surface area contributed by atoms with E-state index in [0.29, 0.717) is 12.4 Å². The van der Waals surface area contributed by atoms with Crippen LogP contribution in [0.2, 0.25) is 5.02 Å². The molecule has 3 nitrogen and oxygen atoms in total. The predicted octanol–water partition coefficient (Wildman–Crippen LogP) is 4.67. The van der Waals surface area contributed by atoms with E-state index >= 15 is 0 Å². The summed E-state index contributed by atoms with van der Waals surface area (Å²) in [5, 5.41) is 9.92. The number of benzene rings is 1. The zero-order valence-electron chi connectivity index (χ0n) is 12.9. The van der Waals surface area contributed by atoms with Crippen LogP contribution in [-0.2, 0) is 0 Å². The fourth-order valence-corrected chi connectivity index (χ4v) is 4.05. The molecule has 114 valence electrons. The molecule has 1 aliphatic heterocycles. The summed E-state index contributed by atoms with van der Waals surface area (Å²) in [6, 6.07) is 7.84. The molecule has 0 fully saturated rings. The average molecular weight is 332 g/mol. The zero-order chi connectivity index (χ0) is 15.9. The van der Waals surface area contributed by atoms with Crippen molar-refractivity contribution in [3.05, 3.63) is 50.9 Å². The molecule has 0 unspecified atom stereocenters. The number of hydrogen-bond acceptors (Lipinski definition) is 3. The zero-order valence-corrected chi connectivity index (χ0v) is 14.5. The second-order valence-electron chi connectivity index (χ2n) is 5.44. The van der Waals surface area contributed by atoms with Gasteiger partial charge in [0.05, 0.1) is 18.1 Å². The van der Waals surface area contributed by atoms with Crippen molar-refractivity contribution in [1.82, 2.24) is 0 Å². The van der Waals surface area contributed by atoms with Gasteiger partial charge in [0.25, 0.3) is 0 Å². The average Bonchev–Trinajstić information content (AvgIpc) is 2.67. The number of nitrogens with one attached hydrogen (secondary N) is 1. The molecule has 2 aromatic rings. The first kappa shape index (κ1) is 15.3. The Bertz CT molecular complexity index is 759. The van der Waals surface area contributed by atoms with Crippen LogP contribution < -0.4 is 4.90 Å². The highest BCUT2D eigenvalue weighted by atomic mass is 35.5. The van der Waals surface area contributed by atoms with Crippen LogP contribution in [0.4, 0.5) is 5.00 Å². The maximum atomic E-state index is 8.06. The number of aryl methyl sites for hydroxylation is 1. The van der Waals surface area contributed by atoms with E-state index in [2.05, 4.69) is 18.7 Å². The van der Waals surface area contributed by atoms with Crippen LogP contribution in [0.25, 0.3) is 0 Å². The van der Waals surface area contributed by atoms with Crippen molar-refractivity contribution in [2.75, 3.05) is 18.0 Å². The Morgan fingerprint density at radius 3 is 2.59 bits per heavy atom. The van der Waals surface area contributed by atoms with Crippen LogP contribution >= 0.6 is 22.9 Å². The van der Waals surface area contributed by atoms with Crippen molar-refractivity contribution in [3.8, 4) is 0 Å². The highest BCUT2D eigenvalue weighted by Gasteiger charge is 2.26. The first-order valence-electron chi connectivity index (χ1n) is 7.22. The highest BCUT2D eigenvalue weighted by molar-refractivity contribution is 7.17. The molecule has 0 bridgehead atoms. The summed E-state index contributed by atoms with van der Waals surface area (Å²) in [4.78, 5) is 8.15. The van der Waals surface area contributed by atoms with Gasteiger partial charge in [-0.3, -0.25) is 10.4 Å². The van der Waals surface area contributed by atoms with Crippen LogP contribution in [0.15, 0.2) is 29.3 Å². The molecule has 0 radical (unpaired) electrons. The van der Waals surface area contributed by atoms with Gasteiger partial charge in [-0.1, -0.05) is 23.7 Å². The smallest absolute Gasteiger partial charge is 0.106 e. The van der Waals surface area contributed by atoms with Gasteiger partial charge in [0.2, 0.25) is 0 Å². The molecule has 0 spiro atoms. The fraction of sp³-hybridized carbons (Fsp3) is 0.294. The number of rotatable bonds is 1. The summed E-state index contributed by atoms with van der Waals surface area (Å²) >= 11 is 7.76. The summed E-state index contributed by atoms with van der Waals surface area (Å²) in [5.41, 5.74) is 4.50. The lowest BCUT2D eigenvalue weighted by Crippen LogP contribution is -2.29. The third-order valence-electron chi connectivity index (χ3n) is 3.96. The summed E-state index contributed by atoms with van der Waals surface area (Å²) in [6.45, 7) is 7.54. The summed E-state index contributed by atoms with van der Waals surface area (Å²) in [6.07, 6.45) is 0. The molecule has 1 aromatic carbocycles. The molecule has 2 heterocycles. The highest BCUT2D eigenvalue weighted by Crippen LogP contribution is 2.38. The Hall–Kier alpha value is -1.65. The second-order valence-corrected chi connectivity index (χ2v) is 7.08. The number of anilines is 1. The van der Waals surface area contributed by atoms with Crippen LogP contribution in [-0.4, -0.2) is 24.6 Å². The molecule has 22 heavy (non-hydrogen) atoms. The van der Waals surface area contributed by atoms with Crippen LogP contribution in [0.5, 0.6) is 0 Å². The molecule has 0 saturated heterocycles. The Kier molecular flexibility index (Phi) is 4.06. The normalized spacial score (nSPS) is 14.4. The summed E-state index contributed by atoms with van der Waals surface area (Å²) in [5.74, 6) is 0.565. The maximum Gasteiger partial charge on any atom is 0.106 e. The van der Waals surface area contributed by atoms with Gasteiger partial charge in [0.1, 0.15) is 5.00 Å². The van der Waals surface area contributed by atoms with Crippen molar-refractivity contribution < 1.29 is 0 Å². The lowest BCUT2D eigenvalue weighted by Gasteiger charge is -2.20. The van der Waals surface area contributed by atoms with Gasteiger partial charge in [-0.05, 0) is 38.5 Å². The van der Waals surface area contributed by atoms with E-state index in [4.69, 9.17) is 22.0 Å². The first-order valence-corrected chi connectivity index (χ1v) is 8.42. The SMILES string of the molecule is CC(=N)N1CCN=C(c2ccc(Cl)cc2)c2c1sc(C)c2C. The molecule has 0 aliphatic carbocycles. The fourth-order valence-electron chi connectivity index (χ4n) is 2.68. The first-order chi connectivity index (χ1) is 10.5. The van der Waals surface area contributed by atoms with Gasteiger partial charge in [-0.25, -0.2) is 0 Å². The van der Waals surface area contributed by atoms with E-state index < -0.39 is 0 Å². The van der Waals surface area contributed by atoms with Crippen LogP contribution in [0.1, 0.15) is 28.5 Å². The summed E-state index contributed by atoms with van der Waals surface area (Å²) < 4.78 is 0. The number of aliphatic imine (C=N–C) groups is 1. The number of hydrogen-bond donors (Lipinski definition) is 1. The Labute approximate surface area is 139 Å². The molecule has 1 aromatic heterocycles. The number of nitrogens with zero attached hydrogens (tertiary/aromatic N) is 2. The third-order valence-corrected chi connectivity index (χ3v) is 5.45. The van der Waals surface area contributed by atoms with Crippen molar-refractivity contribution in [2.24, 2.45) is 4.99 Å². The lowest BCUT2D eigenvalue weighted by atomic mass is 10.00. The molecule has 0 amide bonds. The monoisotopic (exact) mass is 331 g/mol. The minimum atomic E-state index is 0.565. The van der Waals surface area contributed by atoms with Crippen LogP contribution in [0, 0.1) is 19.3 Å². The Balaban J connectivity index is 2.19. The molecule has 0 saturated carbocycles. The van der Waals surface area contributed by atoms with E-state index in [1.165, 1.54) is 10.4 Å². The van der Waals surface area contributed by atoms with Gasteiger partial charge in [0.15, 0.2) is 0 Å². The van der Waals surface area contributed by atoms with Gasteiger partial charge in [-0.15, -0.1) is 11.3 Å². The number of amidine groups is 1. The molecular formula is C17H18ClN3S. The molecule has 5 heteroatoms. The summed E-state index contributed by atoms with van der Waals surface area (Å²) in [7, 11) is 0. The standard InChI is InChI=1S/C17H18ClN3S/c1-10-11(2)22-17-15(10)16(13-4-6-14(18)7-5-13)20-8-9-21(17)12(3)19/h4-7,19H,8-9H2,1-3H3. The van der Waals surface area contributed by atoms with Gasteiger partial charge in [0, 0.05) is 27.6 Å². The molecule has 3 rings (SSSR count). The Morgan fingerprint density at radius 1 is 1.27 bits per heavy atom. The van der Waals surface area contributed by atoms with Gasteiger partial charge < -0.3 is 4.90 Å². The van der Waals surface area contributed by atoms with E-state index in [1.807, 2.05) is 31.2 Å². The lowest BCUT2D eigenvalue weighted by molar-refractivity contribution is 0.951. The largest absolute Gasteiger partial charge is 0.320 e. The quantitative estimate of drug-likeness (QED) is 0.598. The van der Waals surface area contributed by atoms with Crippen molar-refractivity contribution in [3.63, 3.8) is 0 Å². The van der Waals surface area contributed by atoms with E-state index in [0.717, 1.165) is 33.4 Å². The molecular weight excluding hydrogens is 314 g/mol. The predicted molar refractivity (Wildman–Crippen MR) is 96.5 cm³/mol.